The molecule has 0 spiro atoms. The molecule has 21 heavy (non-hydrogen) atoms. The van der Waals surface area contributed by atoms with Crippen LogP contribution in [0.2, 0.25) is 0 Å². The van der Waals surface area contributed by atoms with Crippen LogP contribution < -0.4 is 10.6 Å². The molecule has 2 N–H and O–H groups in total. The highest BCUT2D eigenvalue weighted by Crippen LogP contribution is 2.15. The highest BCUT2D eigenvalue weighted by molar-refractivity contribution is 5.79. The third-order valence-corrected chi connectivity index (χ3v) is 3.23. The lowest BCUT2D eigenvalue weighted by Gasteiger charge is -2.11. The van der Waals surface area contributed by atoms with Crippen LogP contribution in [0.15, 0.2) is 29.3 Å². The Hall–Kier alpha value is -1.65. The SMILES string of the molecule is CN=C(NCCCc1ccc(C(C)C)cc1)NCC(F)F. The second kappa shape index (κ2) is 9.32. The average molecular weight is 297 g/mol. The number of benzene rings is 1. The molecule has 1 aromatic carbocycles. The van der Waals surface area contributed by atoms with Crippen LogP contribution in [0, 0.1) is 0 Å². The van der Waals surface area contributed by atoms with E-state index in [0.717, 1.165) is 12.8 Å². The molecule has 0 atom stereocenters. The van der Waals surface area contributed by atoms with Gasteiger partial charge in [-0.2, -0.15) is 0 Å². The number of nitrogens with zero attached hydrogens (tertiary/aromatic N) is 1. The van der Waals surface area contributed by atoms with Gasteiger partial charge in [0.2, 0.25) is 0 Å². The molecule has 0 amide bonds. The molecule has 0 unspecified atom stereocenters. The molecule has 1 rings (SSSR count). The van der Waals surface area contributed by atoms with E-state index >= 15 is 0 Å². The van der Waals surface area contributed by atoms with Gasteiger partial charge < -0.3 is 10.6 Å². The lowest BCUT2D eigenvalue weighted by atomic mass is 10.0. The first kappa shape index (κ1) is 17.4. The Morgan fingerprint density at radius 1 is 1.14 bits per heavy atom. The molecule has 0 fully saturated rings. The molecule has 0 aliphatic rings. The number of halogens is 2. The quantitative estimate of drug-likeness (QED) is 0.461. The summed E-state index contributed by atoms with van der Waals surface area (Å²) in [5.74, 6) is 0.968. The molecular formula is C16H25F2N3. The predicted octanol–water partition coefficient (Wildman–Crippen LogP) is 3.17. The number of guanidine groups is 1. The van der Waals surface area contributed by atoms with Crippen molar-refractivity contribution < 1.29 is 8.78 Å². The van der Waals surface area contributed by atoms with E-state index in [1.54, 1.807) is 7.05 Å². The van der Waals surface area contributed by atoms with E-state index < -0.39 is 6.43 Å². The number of alkyl halides is 2. The van der Waals surface area contributed by atoms with Crippen molar-refractivity contribution in [1.29, 1.82) is 0 Å². The fraction of sp³-hybridized carbons (Fsp3) is 0.562. The minimum atomic E-state index is -2.37. The highest BCUT2D eigenvalue weighted by atomic mass is 19.3. The highest BCUT2D eigenvalue weighted by Gasteiger charge is 2.04. The van der Waals surface area contributed by atoms with E-state index in [0.29, 0.717) is 18.4 Å². The van der Waals surface area contributed by atoms with Crippen molar-refractivity contribution >= 4 is 5.96 Å². The van der Waals surface area contributed by atoms with E-state index in [9.17, 15) is 8.78 Å². The van der Waals surface area contributed by atoms with Gasteiger partial charge in [-0.1, -0.05) is 38.1 Å². The first-order valence-corrected chi connectivity index (χ1v) is 7.34. The molecule has 0 bridgehead atoms. The molecule has 0 aliphatic carbocycles. The number of nitrogens with one attached hydrogen (secondary N) is 2. The maximum Gasteiger partial charge on any atom is 0.255 e. The average Bonchev–Trinajstić information content (AvgIpc) is 2.46. The van der Waals surface area contributed by atoms with Crippen LogP contribution in [0.3, 0.4) is 0 Å². The molecule has 0 radical (unpaired) electrons. The van der Waals surface area contributed by atoms with E-state index in [2.05, 4.69) is 53.7 Å². The summed E-state index contributed by atoms with van der Waals surface area (Å²) in [6.45, 7) is 4.68. The number of hydrogen-bond donors (Lipinski definition) is 2. The topological polar surface area (TPSA) is 36.4 Å². The molecule has 0 aromatic heterocycles. The van der Waals surface area contributed by atoms with Gasteiger partial charge >= 0.3 is 0 Å². The lowest BCUT2D eigenvalue weighted by molar-refractivity contribution is 0.152. The zero-order valence-electron chi connectivity index (χ0n) is 13.0. The number of aliphatic imine (C=N–C) groups is 1. The second-order valence-corrected chi connectivity index (χ2v) is 5.27. The summed E-state index contributed by atoms with van der Waals surface area (Å²) < 4.78 is 24.2. The van der Waals surface area contributed by atoms with Crippen molar-refractivity contribution in [3.8, 4) is 0 Å². The summed E-state index contributed by atoms with van der Waals surface area (Å²) in [7, 11) is 1.57. The molecular weight excluding hydrogens is 272 g/mol. The smallest absolute Gasteiger partial charge is 0.255 e. The van der Waals surface area contributed by atoms with Gasteiger partial charge in [-0.3, -0.25) is 4.99 Å². The van der Waals surface area contributed by atoms with Crippen LogP contribution in [0.5, 0.6) is 0 Å². The van der Waals surface area contributed by atoms with Gasteiger partial charge in [-0.25, -0.2) is 8.78 Å². The van der Waals surface area contributed by atoms with Crippen LogP contribution in [0.25, 0.3) is 0 Å². The van der Waals surface area contributed by atoms with Gasteiger partial charge in [0.15, 0.2) is 5.96 Å². The first-order chi connectivity index (χ1) is 10.0. The summed E-state index contributed by atoms with van der Waals surface area (Å²) in [6, 6.07) is 8.63. The van der Waals surface area contributed by atoms with Crippen LogP contribution in [-0.2, 0) is 6.42 Å². The Kier molecular flexibility index (Phi) is 7.72. The van der Waals surface area contributed by atoms with Crippen LogP contribution in [-0.4, -0.2) is 32.5 Å². The predicted molar refractivity (Wildman–Crippen MR) is 84.2 cm³/mol. The first-order valence-electron chi connectivity index (χ1n) is 7.34. The van der Waals surface area contributed by atoms with Crippen molar-refractivity contribution in [1.82, 2.24) is 10.6 Å². The Morgan fingerprint density at radius 2 is 1.81 bits per heavy atom. The zero-order valence-corrected chi connectivity index (χ0v) is 13.0. The minimum absolute atomic E-state index is 0.379. The molecule has 118 valence electrons. The summed E-state index contributed by atoms with van der Waals surface area (Å²) in [6.07, 6.45) is -0.490. The summed E-state index contributed by atoms with van der Waals surface area (Å²) >= 11 is 0. The number of aryl methyl sites for hydroxylation is 1. The summed E-state index contributed by atoms with van der Waals surface area (Å²) in [5.41, 5.74) is 2.63. The maximum absolute atomic E-state index is 12.1. The Bertz CT molecular complexity index is 428. The summed E-state index contributed by atoms with van der Waals surface area (Å²) in [4.78, 5) is 3.90. The van der Waals surface area contributed by atoms with Crippen LogP contribution in [0.4, 0.5) is 8.78 Å². The van der Waals surface area contributed by atoms with Crippen molar-refractivity contribution in [3.63, 3.8) is 0 Å². The number of hydrogen-bond acceptors (Lipinski definition) is 1. The molecule has 0 saturated heterocycles. The van der Waals surface area contributed by atoms with Crippen molar-refractivity contribution in [2.45, 2.75) is 39.0 Å². The minimum Gasteiger partial charge on any atom is -0.356 e. The number of rotatable bonds is 7. The van der Waals surface area contributed by atoms with Gasteiger partial charge in [-0.15, -0.1) is 0 Å². The Labute approximate surface area is 125 Å². The van der Waals surface area contributed by atoms with E-state index in [-0.39, 0.29) is 6.54 Å². The Balaban J connectivity index is 2.26. The van der Waals surface area contributed by atoms with Gasteiger partial charge in [0.25, 0.3) is 6.43 Å². The molecule has 0 aliphatic heterocycles. The van der Waals surface area contributed by atoms with Crippen molar-refractivity contribution in [2.24, 2.45) is 4.99 Å². The van der Waals surface area contributed by atoms with E-state index in [1.165, 1.54) is 11.1 Å². The molecule has 0 saturated carbocycles. The van der Waals surface area contributed by atoms with Crippen LogP contribution in [0.1, 0.15) is 37.3 Å². The molecule has 5 heteroatoms. The van der Waals surface area contributed by atoms with Gasteiger partial charge in [0, 0.05) is 13.6 Å². The molecule has 3 nitrogen and oxygen atoms in total. The maximum atomic E-state index is 12.1. The monoisotopic (exact) mass is 297 g/mol. The van der Waals surface area contributed by atoms with Gasteiger partial charge in [0.1, 0.15) is 0 Å². The molecule has 1 aromatic rings. The lowest BCUT2D eigenvalue weighted by Crippen LogP contribution is -2.40. The third-order valence-electron chi connectivity index (χ3n) is 3.23. The van der Waals surface area contributed by atoms with Crippen molar-refractivity contribution in [2.75, 3.05) is 20.1 Å². The zero-order chi connectivity index (χ0) is 15.7. The van der Waals surface area contributed by atoms with Crippen molar-refractivity contribution in [3.05, 3.63) is 35.4 Å². The Morgan fingerprint density at radius 3 is 2.33 bits per heavy atom. The standard InChI is InChI=1S/C16H25F2N3/c1-12(2)14-8-6-13(7-9-14)5-4-10-20-16(19-3)21-11-15(17)18/h6-9,12,15H,4-5,10-11H2,1-3H3,(H2,19,20,21). The van der Waals surface area contributed by atoms with Gasteiger partial charge in [0.05, 0.1) is 6.54 Å². The fourth-order valence-electron chi connectivity index (χ4n) is 1.96. The normalized spacial score (nSPS) is 12.0. The fourth-order valence-corrected chi connectivity index (χ4v) is 1.96. The largest absolute Gasteiger partial charge is 0.356 e. The van der Waals surface area contributed by atoms with Crippen LogP contribution >= 0.6 is 0 Å². The summed E-state index contributed by atoms with van der Waals surface area (Å²) in [5, 5.41) is 5.61. The van der Waals surface area contributed by atoms with E-state index in [1.807, 2.05) is 0 Å². The third kappa shape index (κ3) is 7.06. The second-order valence-electron chi connectivity index (χ2n) is 5.27. The van der Waals surface area contributed by atoms with Gasteiger partial charge in [-0.05, 0) is 29.9 Å². The van der Waals surface area contributed by atoms with E-state index in [4.69, 9.17) is 0 Å². The molecule has 0 heterocycles.